The minimum absolute atomic E-state index is 0.0393. The molecule has 4 aliphatic heterocycles. The number of morpholine rings is 2. The molecule has 20 nitrogen and oxygen atoms in total. The summed E-state index contributed by atoms with van der Waals surface area (Å²) in [4.78, 5) is 53.2. The van der Waals surface area contributed by atoms with E-state index in [-0.39, 0.29) is 61.5 Å². The molecule has 4 aromatic rings. The maximum absolute atomic E-state index is 14.0. The first kappa shape index (κ1) is 57.4. The second-order valence-electron chi connectivity index (χ2n) is 22.9. The summed E-state index contributed by atoms with van der Waals surface area (Å²) in [5.74, 6) is 2.87. The van der Waals surface area contributed by atoms with Gasteiger partial charge in [-0.1, -0.05) is 12.1 Å². The molecule has 2 spiro atoms. The van der Waals surface area contributed by atoms with E-state index in [0.717, 1.165) is 57.7 Å². The second-order valence-corrected chi connectivity index (χ2v) is 22.9. The van der Waals surface area contributed by atoms with Crippen molar-refractivity contribution in [2.75, 3.05) is 128 Å². The van der Waals surface area contributed by atoms with Crippen LogP contribution < -0.4 is 41.3 Å². The molecule has 0 bridgehead atoms. The van der Waals surface area contributed by atoms with E-state index in [1.54, 1.807) is 12.1 Å². The number of hydrogen-bond acceptors (Lipinski definition) is 18. The van der Waals surface area contributed by atoms with Crippen molar-refractivity contribution < 1.29 is 43.9 Å². The SMILES string of the molecule is CC(C)(CCO)Nc1ccc(C(=O)Nc2cccc(N3CCO[C@H](CO)C3)n2)c(N2CCC3(CC2)CC3)n1.CC(C)(N)CCO.O=C(Nc1cccc(N2CCO[C@H](CO)C2)n1)c1ccc(F)nc1N1CCC2(CC1)CC2. The minimum atomic E-state index is -0.589. The molecule has 4 saturated heterocycles. The number of piperidine rings is 2. The lowest BCUT2D eigenvalue weighted by molar-refractivity contribution is 0.00335. The highest BCUT2D eigenvalue weighted by atomic mass is 19.1. The van der Waals surface area contributed by atoms with Crippen molar-refractivity contribution in [1.82, 2.24) is 19.9 Å². The molecule has 9 N–H and O–H groups in total. The summed E-state index contributed by atoms with van der Waals surface area (Å²) in [5.41, 5.74) is 6.80. The lowest BCUT2D eigenvalue weighted by Crippen LogP contribution is -2.44. The van der Waals surface area contributed by atoms with E-state index in [4.69, 9.17) is 25.3 Å². The van der Waals surface area contributed by atoms with Gasteiger partial charge in [-0.05, 0) is 151 Å². The van der Waals surface area contributed by atoms with Gasteiger partial charge in [0.05, 0.1) is 49.8 Å². The second kappa shape index (κ2) is 25.3. The molecule has 10 rings (SSSR count). The number of carbonyl (C=O) groups is 2. The number of nitrogens with one attached hydrogen (secondary N) is 3. The fraction of sp³-hybridized carbons (Fsp3) is 0.607. The first-order chi connectivity index (χ1) is 36.9. The maximum Gasteiger partial charge on any atom is 0.260 e. The van der Waals surface area contributed by atoms with Crippen LogP contribution >= 0.6 is 0 Å². The molecule has 8 heterocycles. The highest BCUT2D eigenvalue weighted by molar-refractivity contribution is 6.08. The quantitative estimate of drug-likeness (QED) is 0.0651. The van der Waals surface area contributed by atoms with Crippen molar-refractivity contribution in [3.8, 4) is 0 Å². The van der Waals surface area contributed by atoms with Gasteiger partial charge in [-0.25, -0.2) is 19.9 Å². The molecular formula is C56H81FN12O8. The average molecular weight is 1070 g/mol. The smallest absolute Gasteiger partial charge is 0.260 e. The number of ether oxygens (including phenoxy) is 2. The Balaban J connectivity index is 0.000000183. The number of aromatic nitrogens is 4. The van der Waals surface area contributed by atoms with E-state index in [2.05, 4.69) is 40.7 Å². The van der Waals surface area contributed by atoms with E-state index >= 15 is 0 Å². The van der Waals surface area contributed by atoms with Crippen LogP contribution in [0.15, 0.2) is 60.7 Å². The number of carbonyl (C=O) groups excluding carboxylic acids is 2. The van der Waals surface area contributed by atoms with Gasteiger partial charge in [0, 0.05) is 76.6 Å². The predicted octanol–water partition coefficient (Wildman–Crippen LogP) is 5.43. The van der Waals surface area contributed by atoms with Crippen LogP contribution in [0.2, 0.25) is 0 Å². The molecular weight excluding hydrogens is 988 g/mol. The van der Waals surface area contributed by atoms with Gasteiger partial charge >= 0.3 is 0 Å². The monoisotopic (exact) mass is 1070 g/mol. The molecule has 77 heavy (non-hydrogen) atoms. The molecule has 0 radical (unpaired) electrons. The number of hydrogen-bond donors (Lipinski definition) is 8. The minimum Gasteiger partial charge on any atom is -0.396 e. The maximum atomic E-state index is 14.0. The molecule has 0 aromatic carbocycles. The van der Waals surface area contributed by atoms with Gasteiger partial charge in [0.15, 0.2) is 0 Å². The molecule has 6 fully saturated rings. The highest BCUT2D eigenvalue weighted by Crippen LogP contribution is 2.55. The fourth-order valence-corrected chi connectivity index (χ4v) is 10.3. The van der Waals surface area contributed by atoms with Gasteiger partial charge in [-0.15, -0.1) is 0 Å². The first-order valence-corrected chi connectivity index (χ1v) is 27.4. The number of anilines is 7. The summed E-state index contributed by atoms with van der Waals surface area (Å²) < 4.78 is 25.0. The number of pyridine rings is 4. The number of nitrogens with two attached hydrogens (primary N) is 1. The van der Waals surface area contributed by atoms with Crippen LogP contribution in [0.5, 0.6) is 0 Å². The third-order valence-electron chi connectivity index (χ3n) is 15.6. The van der Waals surface area contributed by atoms with E-state index < -0.39 is 5.95 Å². The third kappa shape index (κ3) is 15.9. The van der Waals surface area contributed by atoms with Crippen molar-refractivity contribution in [2.45, 2.75) is 115 Å². The van der Waals surface area contributed by atoms with Gasteiger partial charge in [0.1, 0.15) is 40.7 Å². The van der Waals surface area contributed by atoms with E-state index in [9.17, 15) is 29.3 Å². The lowest BCUT2D eigenvalue weighted by atomic mass is 9.93. The van der Waals surface area contributed by atoms with Crippen molar-refractivity contribution in [1.29, 1.82) is 0 Å². The number of aliphatic hydroxyl groups is 4. The Morgan fingerprint density at radius 3 is 1.47 bits per heavy atom. The van der Waals surface area contributed by atoms with Crippen LogP contribution in [-0.4, -0.2) is 167 Å². The van der Waals surface area contributed by atoms with Crippen LogP contribution in [0.4, 0.5) is 45.1 Å². The van der Waals surface area contributed by atoms with E-state index in [0.29, 0.717) is 109 Å². The van der Waals surface area contributed by atoms with Crippen LogP contribution in [0.3, 0.4) is 0 Å². The summed E-state index contributed by atoms with van der Waals surface area (Å²) in [7, 11) is 0. The van der Waals surface area contributed by atoms with Gasteiger partial charge in [-0.3, -0.25) is 9.59 Å². The topological polar surface area (TPSA) is 260 Å². The number of rotatable bonds is 16. The Bertz CT molecular complexity index is 2590. The molecule has 2 amide bonds. The zero-order valence-electron chi connectivity index (χ0n) is 45.4. The molecule has 21 heteroatoms. The van der Waals surface area contributed by atoms with Gasteiger partial charge in [0.2, 0.25) is 5.95 Å². The van der Waals surface area contributed by atoms with Gasteiger partial charge in [-0.2, -0.15) is 4.39 Å². The standard InChI is InChI=1S/C28H40N6O4.C23H28FN5O3.C5H13NO/c1-27(2,12-16-35)32-23-7-6-21(25(30-23)33-13-10-28(8-9-28)11-14-33)26(37)31-22-4-3-5-24(29-22)34-15-17-38-20(18-34)19-36;24-18-5-4-17(21(25-18)28-10-8-23(6-7-23)9-11-28)22(31)27-19-2-1-3-20(26-19)29-12-13-32-16(14-29)15-30;1-5(2,6)3-4-7/h3-7,20,35-36H,8-19H2,1-2H3,(H,30,32)(H,29,31,37);1-5,16,30H,6-15H2,(H,26,27,31);7H,3-4,6H2,1-2H3/t20-;16-;/m00./s1. The van der Waals surface area contributed by atoms with E-state index in [1.807, 2.05) is 73.9 Å². The molecule has 6 aliphatic rings. The summed E-state index contributed by atoms with van der Waals surface area (Å²) in [6.07, 6.45) is 10.3. The van der Waals surface area contributed by atoms with Crippen LogP contribution in [0.25, 0.3) is 0 Å². The summed E-state index contributed by atoms with van der Waals surface area (Å²) in [5, 5.41) is 45.8. The lowest BCUT2D eigenvalue weighted by Gasteiger charge is -2.34. The van der Waals surface area contributed by atoms with Crippen molar-refractivity contribution in [3.63, 3.8) is 0 Å². The Morgan fingerprint density at radius 2 is 1.05 bits per heavy atom. The third-order valence-corrected chi connectivity index (χ3v) is 15.6. The number of aliphatic hydroxyl groups excluding tert-OH is 4. The van der Waals surface area contributed by atoms with Crippen molar-refractivity contribution in [3.05, 3.63) is 77.7 Å². The number of nitrogens with zero attached hydrogens (tertiary/aromatic N) is 8. The van der Waals surface area contributed by atoms with Gasteiger partial charge < -0.3 is 71.2 Å². The normalized spacial score (nSPS) is 20.6. The molecule has 2 saturated carbocycles. The Morgan fingerprint density at radius 1 is 0.597 bits per heavy atom. The van der Waals surface area contributed by atoms with E-state index in [1.165, 1.54) is 37.8 Å². The zero-order valence-corrected chi connectivity index (χ0v) is 45.4. The Hall–Kier alpha value is -5.81. The van der Waals surface area contributed by atoms with Crippen LogP contribution in [0.1, 0.15) is 113 Å². The zero-order chi connectivity index (χ0) is 54.8. The largest absolute Gasteiger partial charge is 0.396 e. The first-order valence-electron chi connectivity index (χ1n) is 27.4. The molecule has 0 unspecified atom stereocenters. The van der Waals surface area contributed by atoms with Crippen molar-refractivity contribution >= 4 is 52.5 Å². The predicted molar refractivity (Wildman–Crippen MR) is 296 cm³/mol. The average Bonchev–Trinajstić information content (AvgIpc) is 4.37. The van der Waals surface area contributed by atoms with Crippen LogP contribution in [0, 0.1) is 16.8 Å². The summed E-state index contributed by atoms with van der Waals surface area (Å²) in [6.45, 7) is 14.8. The molecule has 4 aromatic heterocycles. The molecule has 2 aliphatic carbocycles. The fourth-order valence-electron chi connectivity index (χ4n) is 10.3. The molecule has 2 atom stereocenters. The number of amides is 2. The highest BCUT2D eigenvalue weighted by Gasteiger charge is 2.46. The Kier molecular flexibility index (Phi) is 18.9. The molecule has 420 valence electrons. The van der Waals surface area contributed by atoms with Crippen LogP contribution in [-0.2, 0) is 9.47 Å². The van der Waals surface area contributed by atoms with Gasteiger partial charge in [0.25, 0.3) is 11.8 Å². The number of halogens is 1. The van der Waals surface area contributed by atoms with Crippen molar-refractivity contribution in [2.24, 2.45) is 16.6 Å². The Labute approximate surface area is 452 Å². The summed E-state index contributed by atoms with van der Waals surface area (Å²) in [6, 6.07) is 17.3. The summed E-state index contributed by atoms with van der Waals surface area (Å²) >= 11 is 0.